The quantitative estimate of drug-likeness (QED) is 0.526. The van der Waals surface area contributed by atoms with Crippen LogP contribution in [0.2, 0.25) is 0 Å². The zero-order valence-electron chi connectivity index (χ0n) is 17.7. The molecule has 2 unspecified atom stereocenters. The van der Waals surface area contributed by atoms with Crippen LogP contribution in [0.1, 0.15) is 37.3 Å². The number of alkyl halides is 3. The van der Waals surface area contributed by atoms with E-state index in [1.165, 1.54) is 0 Å². The van der Waals surface area contributed by atoms with Gasteiger partial charge in [-0.05, 0) is 26.2 Å². The van der Waals surface area contributed by atoms with Crippen LogP contribution in [-0.2, 0) is 18.3 Å². The molecular formula is C19H32F3N7O. The van der Waals surface area contributed by atoms with Crippen molar-refractivity contribution in [1.29, 1.82) is 0 Å². The fourth-order valence-corrected chi connectivity index (χ4v) is 3.86. The molecule has 11 heteroatoms. The third-order valence-corrected chi connectivity index (χ3v) is 5.86. The number of halogens is 3. The van der Waals surface area contributed by atoms with Gasteiger partial charge >= 0.3 is 6.18 Å². The molecule has 0 aromatic carbocycles. The van der Waals surface area contributed by atoms with Gasteiger partial charge < -0.3 is 19.9 Å². The Morgan fingerprint density at radius 2 is 2.00 bits per heavy atom. The molecule has 3 rings (SSSR count). The van der Waals surface area contributed by atoms with Crippen molar-refractivity contribution in [2.45, 2.75) is 51.4 Å². The molecule has 8 nitrogen and oxygen atoms in total. The van der Waals surface area contributed by atoms with Gasteiger partial charge in [0, 0.05) is 39.3 Å². The van der Waals surface area contributed by atoms with E-state index in [4.69, 9.17) is 4.74 Å². The van der Waals surface area contributed by atoms with Gasteiger partial charge in [0.05, 0.1) is 19.1 Å². The number of rotatable bonds is 6. The molecule has 0 radical (unpaired) electrons. The Labute approximate surface area is 175 Å². The highest BCUT2D eigenvalue weighted by Gasteiger charge is 2.42. The third-order valence-electron chi connectivity index (χ3n) is 5.86. The zero-order chi connectivity index (χ0) is 21.6. The predicted octanol–water partition coefficient (Wildman–Crippen LogP) is 1.61. The number of nitrogens with one attached hydrogen (secondary N) is 2. The number of aromatic nitrogens is 3. The van der Waals surface area contributed by atoms with Gasteiger partial charge in [-0.3, -0.25) is 4.90 Å². The van der Waals surface area contributed by atoms with E-state index in [9.17, 15) is 13.2 Å². The molecule has 2 atom stereocenters. The van der Waals surface area contributed by atoms with Gasteiger partial charge in [0.15, 0.2) is 11.8 Å². The summed E-state index contributed by atoms with van der Waals surface area (Å²) in [4.78, 5) is 6.87. The molecule has 1 saturated heterocycles. The molecule has 0 spiro atoms. The summed E-state index contributed by atoms with van der Waals surface area (Å²) in [6, 6.07) is -0.249. The zero-order valence-corrected chi connectivity index (χ0v) is 17.7. The predicted molar refractivity (Wildman–Crippen MR) is 107 cm³/mol. The van der Waals surface area contributed by atoms with Crippen molar-refractivity contribution in [3.8, 4) is 0 Å². The van der Waals surface area contributed by atoms with Crippen molar-refractivity contribution in [3.63, 3.8) is 0 Å². The maximum Gasteiger partial charge on any atom is 0.391 e. The van der Waals surface area contributed by atoms with E-state index in [0.29, 0.717) is 37.7 Å². The van der Waals surface area contributed by atoms with Crippen LogP contribution in [0.5, 0.6) is 0 Å². The summed E-state index contributed by atoms with van der Waals surface area (Å²) in [7, 11) is 1.87. The number of morpholine rings is 1. The molecule has 1 aliphatic heterocycles. The van der Waals surface area contributed by atoms with Crippen LogP contribution in [0.4, 0.5) is 13.2 Å². The lowest BCUT2D eigenvalue weighted by molar-refractivity contribution is -0.183. The molecule has 2 heterocycles. The van der Waals surface area contributed by atoms with Crippen LogP contribution in [-0.4, -0.2) is 77.2 Å². The fraction of sp³-hybridized carbons (Fsp3) is 0.842. The molecule has 2 fully saturated rings. The second-order valence-electron chi connectivity index (χ2n) is 8.01. The number of guanidine groups is 1. The number of nitrogens with zero attached hydrogens (tertiary/aromatic N) is 5. The Morgan fingerprint density at radius 1 is 1.23 bits per heavy atom. The normalized spacial score (nSPS) is 24.1. The largest absolute Gasteiger partial charge is 0.391 e. The van der Waals surface area contributed by atoms with Crippen molar-refractivity contribution >= 4 is 5.96 Å². The standard InChI is InChI=1S/C19H32F3N7O/c1-14-26-27-17(28(14)2)13-24-18(23-6-7-29-8-10-30-11-9-29)25-16-5-3-4-15(12-16)19(20,21)22/h15-16H,3-13H2,1-2H3,(H2,23,24,25). The molecular weight excluding hydrogens is 399 g/mol. The third kappa shape index (κ3) is 6.56. The summed E-state index contributed by atoms with van der Waals surface area (Å²) in [5, 5.41) is 14.7. The highest BCUT2D eigenvalue weighted by Crippen LogP contribution is 2.37. The van der Waals surface area contributed by atoms with E-state index in [1.807, 2.05) is 18.5 Å². The minimum Gasteiger partial charge on any atom is -0.379 e. The fourth-order valence-electron chi connectivity index (χ4n) is 3.86. The number of hydrogen-bond donors (Lipinski definition) is 2. The molecule has 2 aliphatic rings. The van der Waals surface area contributed by atoms with Crippen molar-refractivity contribution in [2.75, 3.05) is 39.4 Å². The van der Waals surface area contributed by atoms with Crippen LogP contribution < -0.4 is 10.6 Å². The highest BCUT2D eigenvalue weighted by molar-refractivity contribution is 5.80. The van der Waals surface area contributed by atoms with Gasteiger partial charge in [0.25, 0.3) is 0 Å². The average Bonchev–Trinajstić information content (AvgIpc) is 3.04. The summed E-state index contributed by atoms with van der Waals surface area (Å²) in [6.45, 7) is 6.86. The number of hydrogen-bond acceptors (Lipinski definition) is 5. The second kappa shape index (κ2) is 10.4. The maximum absolute atomic E-state index is 13.2. The summed E-state index contributed by atoms with van der Waals surface area (Å²) in [5.74, 6) is 0.769. The first-order chi connectivity index (χ1) is 14.3. The minimum atomic E-state index is -4.14. The lowest BCUT2D eigenvalue weighted by atomic mass is 9.85. The van der Waals surface area contributed by atoms with Crippen molar-refractivity contribution in [2.24, 2.45) is 18.0 Å². The Hall–Kier alpha value is -1.88. The summed E-state index contributed by atoms with van der Waals surface area (Å²) >= 11 is 0. The number of aryl methyl sites for hydroxylation is 1. The topological polar surface area (TPSA) is 79.6 Å². The number of aliphatic imine (C=N–C) groups is 1. The van der Waals surface area contributed by atoms with E-state index in [1.54, 1.807) is 0 Å². The first kappa shape index (κ1) is 22.8. The first-order valence-electron chi connectivity index (χ1n) is 10.6. The Balaban J connectivity index is 1.60. The smallest absolute Gasteiger partial charge is 0.379 e. The molecule has 1 aromatic heterocycles. The summed E-state index contributed by atoms with van der Waals surface area (Å²) in [5.41, 5.74) is 0. The molecule has 0 bridgehead atoms. The SMILES string of the molecule is Cc1nnc(CN=C(NCCN2CCOCC2)NC2CCCC(C(F)(F)F)C2)n1C. The van der Waals surface area contributed by atoms with Crippen LogP contribution in [0.3, 0.4) is 0 Å². The van der Waals surface area contributed by atoms with Crippen LogP contribution >= 0.6 is 0 Å². The van der Waals surface area contributed by atoms with Crippen LogP contribution in [0, 0.1) is 12.8 Å². The first-order valence-corrected chi connectivity index (χ1v) is 10.6. The van der Waals surface area contributed by atoms with E-state index in [2.05, 4.69) is 30.7 Å². The highest BCUT2D eigenvalue weighted by atomic mass is 19.4. The number of ether oxygens (including phenoxy) is 1. The summed E-state index contributed by atoms with van der Waals surface area (Å²) in [6.07, 6.45) is -2.59. The van der Waals surface area contributed by atoms with Gasteiger partial charge in [0.2, 0.25) is 0 Å². The van der Waals surface area contributed by atoms with E-state index < -0.39 is 12.1 Å². The van der Waals surface area contributed by atoms with E-state index in [-0.39, 0.29) is 18.9 Å². The molecule has 1 aliphatic carbocycles. The minimum absolute atomic E-state index is 0.0801. The van der Waals surface area contributed by atoms with Gasteiger partial charge in [-0.2, -0.15) is 13.2 Å². The van der Waals surface area contributed by atoms with Crippen LogP contribution in [0.25, 0.3) is 0 Å². The van der Waals surface area contributed by atoms with Crippen molar-refractivity contribution < 1.29 is 17.9 Å². The molecule has 2 N–H and O–H groups in total. The average molecular weight is 432 g/mol. The molecule has 30 heavy (non-hydrogen) atoms. The van der Waals surface area contributed by atoms with Crippen molar-refractivity contribution in [1.82, 2.24) is 30.3 Å². The molecule has 0 amide bonds. The summed E-state index contributed by atoms with van der Waals surface area (Å²) < 4.78 is 46.7. The Morgan fingerprint density at radius 3 is 2.67 bits per heavy atom. The van der Waals surface area contributed by atoms with Gasteiger partial charge in [-0.15, -0.1) is 10.2 Å². The molecule has 1 aromatic rings. The Kier molecular flexibility index (Phi) is 7.93. The van der Waals surface area contributed by atoms with E-state index >= 15 is 0 Å². The van der Waals surface area contributed by atoms with E-state index in [0.717, 1.165) is 38.7 Å². The lowest BCUT2D eigenvalue weighted by Crippen LogP contribution is -2.49. The van der Waals surface area contributed by atoms with Gasteiger partial charge in [-0.25, -0.2) is 4.99 Å². The van der Waals surface area contributed by atoms with Gasteiger partial charge in [-0.1, -0.05) is 6.42 Å². The Bertz CT molecular complexity index is 701. The molecule has 170 valence electrons. The second-order valence-corrected chi connectivity index (χ2v) is 8.01. The maximum atomic E-state index is 13.2. The van der Waals surface area contributed by atoms with Crippen LogP contribution in [0.15, 0.2) is 4.99 Å². The van der Waals surface area contributed by atoms with Gasteiger partial charge in [0.1, 0.15) is 12.4 Å². The lowest BCUT2D eigenvalue weighted by Gasteiger charge is -2.32. The van der Waals surface area contributed by atoms with Crippen molar-refractivity contribution in [3.05, 3.63) is 11.6 Å². The monoisotopic (exact) mass is 431 g/mol. The molecule has 1 saturated carbocycles.